The summed E-state index contributed by atoms with van der Waals surface area (Å²) in [6.07, 6.45) is 1.97. The van der Waals surface area contributed by atoms with Gasteiger partial charge in [-0.15, -0.1) is 0 Å². The smallest absolute Gasteiger partial charge is 0.132 e. The number of nitrogens with zero attached hydrogens (tertiary/aromatic N) is 2. The summed E-state index contributed by atoms with van der Waals surface area (Å²) in [4.78, 5) is 0. The molecule has 0 fully saturated rings. The molecule has 0 radical (unpaired) electrons. The van der Waals surface area contributed by atoms with E-state index in [2.05, 4.69) is 18.9 Å². The van der Waals surface area contributed by atoms with Crippen LogP contribution in [0.4, 0.5) is 0 Å². The summed E-state index contributed by atoms with van der Waals surface area (Å²) < 4.78 is 7.81. The molecule has 1 N–H and O–H groups in total. The maximum Gasteiger partial charge on any atom is 0.132 e. The fraction of sp³-hybridized carbons (Fsp3) is 0.438. The second-order valence-electron chi connectivity index (χ2n) is 5.39. The first kappa shape index (κ1) is 14.6. The first-order chi connectivity index (χ1) is 9.51. The Morgan fingerprint density at radius 1 is 1.25 bits per heavy atom. The van der Waals surface area contributed by atoms with E-state index in [0.29, 0.717) is 12.6 Å². The van der Waals surface area contributed by atoms with E-state index >= 15 is 0 Å². The number of benzene rings is 1. The average Bonchev–Trinajstić information content (AvgIpc) is 2.86. The molecule has 1 aromatic heterocycles. The van der Waals surface area contributed by atoms with Crippen LogP contribution < -0.4 is 4.74 Å². The lowest BCUT2D eigenvalue weighted by Gasteiger charge is -2.12. The molecule has 0 aliphatic carbocycles. The molecule has 1 aromatic carbocycles. The molecular formula is C16H22N2O2. The number of aryl methyl sites for hydroxylation is 2. The summed E-state index contributed by atoms with van der Waals surface area (Å²) in [7, 11) is 0. The van der Waals surface area contributed by atoms with Crippen molar-refractivity contribution in [3.05, 3.63) is 46.8 Å². The van der Waals surface area contributed by atoms with E-state index in [1.54, 1.807) is 0 Å². The maximum atomic E-state index is 9.19. The molecule has 0 aliphatic heterocycles. The van der Waals surface area contributed by atoms with Crippen LogP contribution in [-0.4, -0.2) is 14.9 Å². The molecule has 4 heteroatoms. The van der Waals surface area contributed by atoms with Gasteiger partial charge in [0.1, 0.15) is 12.4 Å². The molecule has 0 aliphatic rings. The largest absolute Gasteiger partial charge is 0.487 e. The summed E-state index contributed by atoms with van der Waals surface area (Å²) >= 11 is 0. The van der Waals surface area contributed by atoms with Crippen molar-refractivity contribution < 1.29 is 9.84 Å². The number of aliphatic hydroxyl groups is 1. The third kappa shape index (κ3) is 3.20. The molecular weight excluding hydrogens is 252 g/mol. The minimum Gasteiger partial charge on any atom is -0.487 e. The molecule has 0 saturated carbocycles. The van der Waals surface area contributed by atoms with Crippen LogP contribution in [0.3, 0.4) is 0 Å². The highest BCUT2D eigenvalue weighted by Crippen LogP contribution is 2.25. The van der Waals surface area contributed by atoms with Gasteiger partial charge in [-0.2, -0.15) is 5.10 Å². The van der Waals surface area contributed by atoms with E-state index in [1.165, 1.54) is 0 Å². The lowest BCUT2D eigenvalue weighted by atomic mass is 10.1. The van der Waals surface area contributed by atoms with Crippen molar-refractivity contribution in [2.45, 2.75) is 47.0 Å². The normalized spacial score (nSPS) is 11.1. The summed E-state index contributed by atoms with van der Waals surface area (Å²) in [6, 6.07) is 6.24. The third-order valence-corrected chi connectivity index (χ3v) is 3.26. The number of aromatic nitrogens is 2. The Labute approximate surface area is 120 Å². The fourth-order valence-corrected chi connectivity index (χ4v) is 2.25. The van der Waals surface area contributed by atoms with Gasteiger partial charge in [-0.05, 0) is 50.5 Å². The predicted octanol–water partition coefficient (Wildman–Crippen LogP) is 3.15. The Balaban J connectivity index is 2.10. The van der Waals surface area contributed by atoms with Gasteiger partial charge in [0, 0.05) is 12.2 Å². The van der Waals surface area contributed by atoms with Crippen LogP contribution in [0.25, 0.3) is 0 Å². The number of aliphatic hydroxyl groups excluding tert-OH is 1. The summed E-state index contributed by atoms with van der Waals surface area (Å²) in [5, 5.41) is 13.7. The van der Waals surface area contributed by atoms with E-state index in [-0.39, 0.29) is 6.61 Å². The number of hydrogen-bond donors (Lipinski definition) is 1. The van der Waals surface area contributed by atoms with Crippen LogP contribution in [-0.2, 0) is 13.2 Å². The molecule has 0 bridgehead atoms. The Bertz CT molecular complexity index is 565. The van der Waals surface area contributed by atoms with Gasteiger partial charge in [0.25, 0.3) is 0 Å². The highest BCUT2D eigenvalue weighted by molar-refractivity contribution is 5.43. The van der Waals surface area contributed by atoms with E-state index < -0.39 is 0 Å². The molecule has 108 valence electrons. The van der Waals surface area contributed by atoms with Crippen LogP contribution in [0.1, 0.15) is 42.3 Å². The van der Waals surface area contributed by atoms with Crippen LogP contribution in [0.15, 0.2) is 24.4 Å². The first-order valence-electron chi connectivity index (χ1n) is 6.89. The van der Waals surface area contributed by atoms with Gasteiger partial charge in [0.05, 0.1) is 12.3 Å². The standard InChI is InChI=1S/C16H22N2O2/c1-11(2)18-6-5-15(17-18)10-20-16-12(3)7-14(9-19)8-13(16)4/h5-8,11,19H,9-10H2,1-4H3. The maximum absolute atomic E-state index is 9.19. The van der Waals surface area contributed by atoms with E-state index in [9.17, 15) is 5.11 Å². The van der Waals surface area contributed by atoms with Crippen molar-refractivity contribution >= 4 is 0 Å². The number of ether oxygens (including phenoxy) is 1. The highest BCUT2D eigenvalue weighted by atomic mass is 16.5. The Morgan fingerprint density at radius 3 is 2.40 bits per heavy atom. The fourth-order valence-electron chi connectivity index (χ4n) is 2.25. The van der Waals surface area contributed by atoms with Crippen molar-refractivity contribution in [3.63, 3.8) is 0 Å². The van der Waals surface area contributed by atoms with Gasteiger partial charge in [-0.25, -0.2) is 0 Å². The van der Waals surface area contributed by atoms with Gasteiger partial charge >= 0.3 is 0 Å². The molecule has 0 amide bonds. The monoisotopic (exact) mass is 274 g/mol. The summed E-state index contributed by atoms with van der Waals surface area (Å²) in [5.41, 5.74) is 3.91. The first-order valence-corrected chi connectivity index (χ1v) is 6.89. The van der Waals surface area contributed by atoms with Gasteiger partial charge in [0.15, 0.2) is 0 Å². The molecule has 0 saturated heterocycles. The SMILES string of the molecule is Cc1cc(CO)cc(C)c1OCc1ccn(C(C)C)n1. The van der Waals surface area contributed by atoms with Gasteiger partial charge in [-0.1, -0.05) is 12.1 Å². The second-order valence-corrected chi connectivity index (χ2v) is 5.39. The zero-order valence-electron chi connectivity index (χ0n) is 12.6. The molecule has 4 nitrogen and oxygen atoms in total. The lowest BCUT2D eigenvalue weighted by molar-refractivity contribution is 0.279. The topological polar surface area (TPSA) is 47.3 Å². The number of rotatable bonds is 5. The zero-order valence-corrected chi connectivity index (χ0v) is 12.6. The van der Waals surface area contributed by atoms with Crippen molar-refractivity contribution in [2.24, 2.45) is 0 Å². The Kier molecular flexibility index (Phi) is 4.45. The van der Waals surface area contributed by atoms with E-state index in [4.69, 9.17) is 4.74 Å². The minimum atomic E-state index is 0.0563. The van der Waals surface area contributed by atoms with E-state index in [1.807, 2.05) is 42.9 Å². The summed E-state index contributed by atoms with van der Waals surface area (Å²) in [6.45, 7) is 8.70. The van der Waals surface area contributed by atoms with Crippen molar-refractivity contribution in [1.29, 1.82) is 0 Å². The Hall–Kier alpha value is -1.81. The predicted molar refractivity (Wildman–Crippen MR) is 78.8 cm³/mol. The molecule has 0 atom stereocenters. The quantitative estimate of drug-likeness (QED) is 0.911. The van der Waals surface area contributed by atoms with Crippen LogP contribution in [0, 0.1) is 13.8 Å². The second kappa shape index (κ2) is 6.09. The van der Waals surface area contributed by atoms with Gasteiger partial charge in [-0.3, -0.25) is 4.68 Å². The molecule has 0 unspecified atom stereocenters. The molecule has 2 aromatic rings. The third-order valence-electron chi connectivity index (χ3n) is 3.26. The molecule has 2 rings (SSSR count). The van der Waals surface area contributed by atoms with Crippen LogP contribution >= 0.6 is 0 Å². The van der Waals surface area contributed by atoms with Crippen molar-refractivity contribution in [2.75, 3.05) is 0 Å². The zero-order chi connectivity index (χ0) is 14.7. The average molecular weight is 274 g/mol. The van der Waals surface area contributed by atoms with Gasteiger partial charge in [0.2, 0.25) is 0 Å². The van der Waals surface area contributed by atoms with Crippen LogP contribution in [0.5, 0.6) is 5.75 Å². The van der Waals surface area contributed by atoms with Crippen LogP contribution in [0.2, 0.25) is 0 Å². The molecule has 1 heterocycles. The van der Waals surface area contributed by atoms with Crippen molar-refractivity contribution in [1.82, 2.24) is 9.78 Å². The minimum absolute atomic E-state index is 0.0563. The van der Waals surface area contributed by atoms with Crippen molar-refractivity contribution in [3.8, 4) is 5.75 Å². The lowest BCUT2D eigenvalue weighted by Crippen LogP contribution is -2.04. The van der Waals surface area contributed by atoms with E-state index in [0.717, 1.165) is 28.1 Å². The molecule has 20 heavy (non-hydrogen) atoms. The van der Waals surface area contributed by atoms with Gasteiger partial charge < -0.3 is 9.84 Å². The number of hydrogen-bond acceptors (Lipinski definition) is 3. The molecule has 0 spiro atoms. The summed E-state index contributed by atoms with van der Waals surface area (Å²) in [5.74, 6) is 0.876. The Morgan fingerprint density at radius 2 is 1.90 bits per heavy atom. The highest BCUT2D eigenvalue weighted by Gasteiger charge is 2.08.